The molecular weight excluding hydrogens is 318 g/mol. The molecule has 0 spiro atoms. The second-order valence-corrected chi connectivity index (χ2v) is 6.09. The molecule has 6 heteroatoms. The number of likely N-dealkylation sites (tertiary alicyclic amines) is 1. The second-order valence-electron chi connectivity index (χ2n) is 6.09. The molecule has 2 aliphatic heterocycles. The van der Waals surface area contributed by atoms with E-state index in [9.17, 15) is 4.79 Å². The van der Waals surface area contributed by atoms with Gasteiger partial charge in [-0.3, -0.25) is 0 Å². The molecular formula is C19H17N3O3. The van der Waals surface area contributed by atoms with Gasteiger partial charge in [-0.05, 0) is 48.7 Å². The van der Waals surface area contributed by atoms with Crippen LogP contribution in [0.5, 0.6) is 11.5 Å². The highest BCUT2D eigenvalue weighted by molar-refractivity contribution is 5.90. The van der Waals surface area contributed by atoms with Crippen molar-refractivity contribution in [2.75, 3.05) is 18.7 Å². The summed E-state index contributed by atoms with van der Waals surface area (Å²) >= 11 is 0. The molecule has 0 aliphatic carbocycles. The molecule has 0 unspecified atom stereocenters. The number of nitriles is 1. The van der Waals surface area contributed by atoms with E-state index in [4.69, 9.17) is 14.7 Å². The lowest BCUT2D eigenvalue weighted by Crippen LogP contribution is -2.34. The van der Waals surface area contributed by atoms with Crippen LogP contribution in [0.25, 0.3) is 0 Å². The third-order valence-corrected chi connectivity index (χ3v) is 4.54. The van der Waals surface area contributed by atoms with Gasteiger partial charge in [-0.15, -0.1) is 0 Å². The molecule has 0 saturated carbocycles. The summed E-state index contributed by atoms with van der Waals surface area (Å²) in [6, 6.07) is 14.7. The maximum Gasteiger partial charge on any atom is 0.322 e. The molecule has 2 heterocycles. The van der Waals surface area contributed by atoms with E-state index in [2.05, 4.69) is 11.4 Å². The summed E-state index contributed by atoms with van der Waals surface area (Å²) < 4.78 is 10.8. The van der Waals surface area contributed by atoms with Gasteiger partial charge in [0.05, 0.1) is 17.7 Å². The maximum absolute atomic E-state index is 12.7. The van der Waals surface area contributed by atoms with Crippen LogP contribution in [0.2, 0.25) is 0 Å². The van der Waals surface area contributed by atoms with Crippen molar-refractivity contribution >= 4 is 11.7 Å². The van der Waals surface area contributed by atoms with Crippen molar-refractivity contribution < 1.29 is 14.3 Å². The molecule has 1 N–H and O–H groups in total. The molecule has 25 heavy (non-hydrogen) atoms. The van der Waals surface area contributed by atoms with Gasteiger partial charge in [0.1, 0.15) is 0 Å². The summed E-state index contributed by atoms with van der Waals surface area (Å²) in [6.07, 6.45) is 1.86. The minimum absolute atomic E-state index is 0.00801. The zero-order valence-corrected chi connectivity index (χ0v) is 13.6. The number of carbonyl (C=O) groups excluding carboxylic acids is 1. The van der Waals surface area contributed by atoms with E-state index in [1.54, 1.807) is 24.3 Å². The lowest BCUT2D eigenvalue weighted by Gasteiger charge is -2.25. The Labute approximate surface area is 145 Å². The van der Waals surface area contributed by atoms with Crippen molar-refractivity contribution in [2.45, 2.75) is 18.9 Å². The molecule has 0 radical (unpaired) electrons. The summed E-state index contributed by atoms with van der Waals surface area (Å²) in [6.45, 7) is 0.936. The Kier molecular flexibility index (Phi) is 3.90. The van der Waals surface area contributed by atoms with Crippen LogP contribution in [0.15, 0.2) is 42.5 Å². The summed E-state index contributed by atoms with van der Waals surface area (Å²) in [5.74, 6) is 1.47. The zero-order valence-electron chi connectivity index (χ0n) is 13.6. The molecule has 4 rings (SSSR count). The number of anilines is 1. The minimum Gasteiger partial charge on any atom is -0.454 e. The number of carbonyl (C=O) groups is 1. The third-order valence-electron chi connectivity index (χ3n) is 4.54. The number of ether oxygens (including phenoxy) is 2. The van der Waals surface area contributed by atoms with Crippen LogP contribution in [-0.4, -0.2) is 24.3 Å². The van der Waals surface area contributed by atoms with Crippen molar-refractivity contribution in [3.05, 3.63) is 53.6 Å². The first-order valence-electron chi connectivity index (χ1n) is 8.22. The number of nitrogens with one attached hydrogen (secondary N) is 1. The lowest BCUT2D eigenvalue weighted by molar-refractivity contribution is 0.173. The van der Waals surface area contributed by atoms with Crippen LogP contribution < -0.4 is 14.8 Å². The molecule has 1 saturated heterocycles. The standard InChI is InChI=1S/C19H17N3O3/c20-11-13-3-1-4-15(9-13)21-19(23)22-8-2-5-16(22)14-6-7-17-18(10-14)25-12-24-17/h1,3-4,6-7,9-10,16H,2,5,8,12H2,(H,21,23)/t16-/m0/s1. The van der Waals surface area contributed by atoms with Crippen LogP contribution in [-0.2, 0) is 0 Å². The number of rotatable bonds is 2. The fraction of sp³-hybridized carbons (Fsp3) is 0.263. The predicted octanol–water partition coefficient (Wildman–Crippen LogP) is 3.66. The lowest BCUT2D eigenvalue weighted by atomic mass is 10.0. The first kappa shape index (κ1) is 15.3. The molecule has 2 aromatic rings. The monoisotopic (exact) mass is 335 g/mol. The second kappa shape index (κ2) is 6.36. The Morgan fingerprint density at radius 1 is 1.20 bits per heavy atom. The first-order valence-corrected chi connectivity index (χ1v) is 8.22. The number of amides is 2. The van der Waals surface area contributed by atoms with E-state index < -0.39 is 0 Å². The zero-order chi connectivity index (χ0) is 17.2. The van der Waals surface area contributed by atoms with Crippen molar-refractivity contribution in [1.82, 2.24) is 4.90 Å². The number of fused-ring (bicyclic) bond motifs is 1. The normalized spacial score (nSPS) is 18.0. The van der Waals surface area contributed by atoms with Gasteiger partial charge >= 0.3 is 6.03 Å². The first-order chi connectivity index (χ1) is 12.2. The number of hydrogen-bond donors (Lipinski definition) is 1. The molecule has 6 nitrogen and oxygen atoms in total. The SMILES string of the molecule is N#Cc1cccc(NC(=O)N2CCC[C@H]2c2ccc3c(c2)OCO3)c1. The molecule has 2 aromatic carbocycles. The van der Waals surface area contributed by atoms with Gasteiger partial charge in [-0.25, -0.2) is 4.79 Å². The van der Waals surface area contributed by atoms with Gasteiger partial charge in [-0.2, -0.15) is 5.26 Å². The molecule has 0 bridgehead atoms. The van der Waals surface area contributed by atoms with Gasteiger partial charge in [0.2, 0.25) is 6.79 Å². The summed E-state index contributed by atoms with van der Waals surface area (Å²) in [5, 5.41) is 11.9. The fourth-order valence-electron chi connectivity index (χ4n) is 3.34. The van der Waals surface area contributed by atoms with Gasteiger partial charge in [0.15, 0.2) is 11.5 Å². The van der Waals surface area contributed by atoms with Crippen LogP contribution in [0.4, 0.5) is 10.5 Å². The Hall–Kier alpha value is -3.20. The molecule has 2 amide bonds. The van der Waals surface area contributed by atoms with Crippen molar-refractivity contribution in [2.24, 2.45) is 0 Å². The molecule has 0 aromatic heterocycles. The highest BCUT2D eigenvalue weighted by Gasteiger charge is 2.31. The summed E-state index contributed by atoms with van der Waals surface area (Å²) in [5.41, 5.74) is 2.19. The average Bonchev–Trinajstić information content (AvgIpc) is 3.30. The average molecular weight is 335 g/mol. The van der Waals surface area contributed by atoms with Crippen LogP contribution in [0.3, 0.4) is 0 Å². The number of hydrogen-bond acceptors (Lipinski definition) is 4. The van der Waals surface area contributed by atoms with E-state index in [-0.39, 0.29) is 18.9 Å². The van der Waals surface area contributed by atoms with Crippen molar-refractivity contribution in [1.29, 1.82) is 5.26 Å². The molecule has 1 atom stereocenters. The molecule has 2 aliphatic rings. The highest BCUT2D eigenvalue weighted by Crippen LogP contribution is 2.39. The van der Waals surface area contributed by atoms with Gasteiger partial charge in [0, 0.05) is 12.2 Å². The number of nitrogens with zero attached hydrogens (tertiary/aromatic N) is 2. The van der Waals surface area contributed by atoms with E-state index >= 15 is 0 Å². The largest absolute Gasteiger partial charge is 0.454 e. The summed E-state index contributed by atoms with van der Waals surface area (Å²) in [4.78, 5) is 14.5. The van der Waals surface area contributed by atoms with E-state index in [1.807, 2.05) is 23.1 Å². The Bertz CT molecular complexity index is 859. The maximum atomic E-state index is 12.7. The van der Waals surface area contributed by atoms with E-state index in [1.165, 1.54) is 0 Å². The summed E-state index contributed by atoms with van der Waals surface area (Å²) in [7, 11) is 0. The minimum atomic E-state index is -0.157. The molecule has 126 valence electrons. The Balaban J connectivity index is 1.53. The Morgan fingerprint density at radius 2 is 2.08 bits per heavy atom. The van der Waals surface area contributed by atoms with Gasteiger partial charge < -0.3 is 19.7 Å². The smallest absolute Gasteiger partial charge is 0.322 e. The van der Waals surface area contributed by atoms with Gasteiger partial charge in [0.25, 0.3) is 0 Å². The third kappa shape index (κ3) is 2.96. The van der Waals surface area contributed by atoms with E-state index in [0.29, 0.717) is 17.8 Å². The van der Waals surface area contributed by atoms with Crippen molar-refractivity contribution in [3.63, 3.8) is 0 Å². The van der Waals surface area contributed by atoms with E-state index in [0.717, 1.165) is 29.9 Å². The fourth-order valence-corrected chi connectivity index (χ4v) is 3.34. The number of urea groups is 1. The van der Waals surface area contributed by atoms with Crippen LogP contribution in [0.1, 0.15) is 30.0 Å². The molecule has 1 fully saturated rings. The highest BCUT2D eigenvalue weighted by atomic mass is 16.7. The topological polar surface area (TPSA) is 74.6 Å². The number of benzene rings is 2. The van der Waals surface area contributed by atoms with Crippen molar-refractivity contribution in [3.8, 4) is 17.6 Å². The van der Waals surface area contributed by atoms with Crippen LogP contribution >= 0.6 is 0 Å². The predicted molar refractivity (Wildman–Crippen MR) is 91.4 cm³/mol. The Morgan fingerprint density at radius 3 is 2.96 bits per heavy atom. The van der Waals surface area contributed by atoms with Crippen LogP contribution in [0, 0.1) is 11.3 Å². The van der Waals surface area contributed by atoms with Gasteiger partial charge in [-0.1, -0.05) is 12.1 Å². The quantitative estimate of drug-likeness (QED) is 0.909.